The maximum absolute atomic E-state index is 14.7. The van der Waals surface area contributed by atoms with Gasteiger partial charge in [-0.1, -0.05) is 62.7 Å². The zero-order valence-corrected chi connectivity index (χ0v) is 74.3. The smallest absolute Gasteiger partial charge is 0.305 e. The lowest BCUT2D eigenvalue weighted by molar-refractivity contribution is -0.142. The molecule has 702 valence electrons. The number of nitrogens with two attached hydrogens (primary N) is 5. The number of aromatic hydroxyl groups is 1. The SMILES string of the molecule is CC[C@H](C)[C@H](NC(=O)[C@H](CCCNC(=N)N)NC(=O)[C@H](CC(=O)O)NC(=O)[C@H](CCSC)NC(=O)[C@@H]1C[C@H](CCNC(=N)N)CN1C(=O)CNC(=O)CNC(=O)[C@H](Cc1ccccc1)NC(=O)[C@H](Cc1cnc[nH]1)NC(=O)[C@H](CS)NC(=O)[C@@H](N)CCSC)C(=O)N[C@@H](CO)C(=O)N[C@@H](CS)C(=O)N[C@@H](Cc1ccc(O)cc1)C(=O)N[C@@H](CCCNC(=N)N)C(N)=O. The lowest BCUT2D eigenvalue weighted by Crippen LogP contribution is -2.62. The number of thiol groups is 2. The van der Waals surface area contributed by atoms with Crippen molar-refractivity contribution in [2.24, 2.45) is 40.5 Å². The van der Waals surface area contributed by atoms with Gasteiger partial charge in [0.15, 0.2) is 17.9 Å². The molecule has 0 radical (unpaired) electrons. The minimum absolute atomic E-state index is 0.0141. The fourth-order valence-corrected chi connectivity index (χ4v) is 14.3. The number of H-pyrrole nitrogens is 1. The van der Waals surface area contributed by atoms with Crippen molar-refractivity contribution >= 4 is 161 Å². The number of hydrogen-bond donors (Lipinski definition) is 30. The molecule has 0 unspecified atom stereocenters. The van der Waals surface area contributed by atoms with Crippen LogP contribution in [0.3, 0.4) is 0 Å². The largest absolute Gasteiger partial charge is 0.508 e. The summed E-state index contributed by atoms with van der Waals surface area (Å²) >= 11 is 11.2. The highest BCUT2D eigenvalue weighted by Gasteiger charge is 2.43. The third kappa shape index (κ3) is 39.3. The summed E-state index contributed by atoms with van der Waals surface area (Å²) in [5.41, 5.74) is 29.4. The number of primary amides is 1. The van der Waals surface area contributed by atoms with Crippen LogP contribution in [0, 0.1) is 28.1 Å². The van der Waals surface area contributed by atoms with Gasteiger partial charge in [-0.15, -0.1) is 0 Å². The number of likely N-dealkylation sites (tertiary alicyclic amines) is 1. The van der Waals surface area contributed by atoms with Crippen molar-refractivity contribution in [2.45, 2.75) is 176 Å². The first-order valence-electron chi connectivity index (χ1n) is 40.6. The number of carbonyl (C=O) groups excluding carboxylic acids is 15. The van der Waals surface area contributed by atoms with E-state index in [9.17, 15) is 92.0 Å². The molecule has 1 saturated heterocycles. The number of aliphatic carboxylic acids is 1. The van der Waals surface area contributed by atoms with E-state index in [0.29, 0.717) is 29.0 Å². The monoisotopic (exact) mass is 1860 g/mol. The van der Waals surface area contributed by atoms with E-state index in [1.54, 1.807) is 43.5 Å². The van der Waals surface area contributed by atoms with Gasteiger partial charge < -0.3 is 139 Å². The summed E-state index contributed by atoms with van der Waals surface area (Å²) < 4.78 is 0. The fraction of sp³-hybridized carbons (Fsp3) is 0.558. The molecule has 3 aromatic rings. The molecule has 1 aliphatic heterocycles. The maximum Gasteiger partial charge on any atom is 0.305 e. The number of aromatic amines is 1. The highest BCUT2D eigenvalue weighted by atomic mass is 32.2. The molecule has 2 aromatic carbocycles. The number of aliphatic hydroxyl groups is 1. The molecule has 50 heteroatoms. The molecular weight excluding hydrogens is 1740 g/mol. The van der Waals surface area contributed by atoms with Crippen molar-refractivity contribution < 1.29 is 92.0 Å². The van der Waals surface area contributed by atoms with Gasteiger partial charge in [0, 0.05) is 68.8 Å². The van der Waals surface area contributed by atoms with Gasteiger partial charge in [0.25, 0.3) is 0 Å². The number of guanidine groups is 3. The number of carboxylic acids is 1. The predicted molar refractivity (Wildman–Crippen MR) is 478 cm³/mol. The molecule has 0 bridgehead atoms. The summed E-state index contributed by atoms with van der Waals surface area (Å²) in [5, 5.41) is 93.7. The van der Waals surface area contributed by atoms with Gasteiger partial charge in [-0.25, -0.2) is 4.98 Å². The standard InChI is InChI=1S/C77H121N27O19S4/c1-5-40(2)61(74(123)100-54(36-105)70(119)102-56(38-125)72(121)97-51(28-42-15-17-45(106)18-16-42)67(116)93-47(62(79)111)13-9-22-87-75(80)81)103-66(115)48(14-10-23-88-76(82)83)94-69(118)53(31-60(109)110)99-65(114)49(21-26-127-4)95-73(122)57-29-43(19-24-89-77(84)85)35-104(57)59(108)34-90-58(107)33-91-64(113)50(27-41-11-7-6-8-12-41)96-68(117)52(30-44-32-86-39-92-44)98-71(120)55(37-124)101-63(112)46(78)20-25-126-3/h6-8,11-12,15-18,32,39-40,43,46-57,61,105-106,124-125H,5,9-10,13-14,19-31,33-38,78H2,1-4H3,(H2,79,111)(H,86,92)(H,90,107)(H,91,113)(H,93,116)(H,94,118)(H,95,122)(H,96,117)(H,97,121)(H,98,120)(H,99,114)(H,100,123)(H,101,112)(H,102,119)(H,103,115)(H,109,110)(H4,80,81,87)(H4,82,83,88)(H4,84,85,89)/t40-,43-,46-,47-,48-,49-,50-,51-,52-,53-,54-,55-,56-,57-,61-/m0/s1. The van der Waals surface area contributed by atoms with Gasteiger partial charge >= 0.3 is 5.97 Å². The molecule has 1 aromatic heterocycles. The number of thioether (sulfide) groups is 2. The summed E-state index contributed by atoms with van der Waals surface area (Å²) in [4.78, 5) is 231. The molecule has 33 N–H and O–H groups in total. The summed E-state index contributed by atoms with van der Waals surface area (Å²) in [6.07, 6.45) is 4.97. The van der Waals surface area contributed by atoms with Gasteiger partial charge in [0.05, 0.1) is 38.5 Å². The van der Waals surface area contributed by atoms with E-state index in [-0.39, 0.29) is 126 Å². The highest BCUT2D eigenvalue weighted by molar-refractivity contribution is 7.98. The maximum atomic E-state index is 14.7. The minimum atomic E-state index is -2.01. The van der Waals surface area contributed by atoms with Crippen LogP contribution < -0.4 is 114 Å². The van der Waals surface area contributed by atoms with Crippen molar-refractivity contribution in [3.8, 4) is 5.75 Å². The van der Waals surface area contributed by atoms with Crippen molar-refractivity contribution in [1.82, 2.24) is 99.9 Å². The Hall–Kier alpha value is -11.9. The molecule has 1 fully saturated rings. The molecule has 2 heterocycles. The summed E-state index contributed by atoms with van der Waals surface area (Å²) in [7, 11) is 0. The Kier molecular flexibility index (Phi) is 48.2. The number of aromatic nitrogens is 2. The lowest BCUT2D eigenvalue weighted by Gasteiger charge is -2.29. The van der Waals surface area contributed by atoms with E-state index in [1.807, 2.05) is 6.26 Å². The quantitative estimate of drug-likeness (QED) is 0.0108. The number of rotatable bonds is 58. The first kappa shape index (κ1) is 107. The van der Waals surface area contributed by atoms with Crippen LogP contribution in [0.4, 0.5) is 0 Å². The van der Waals surface area contributed by atoms with Crippen LogP contribution in [-0.2, 0) is 96.0 Å². The molecule has 15 atom stereocenters. The second-order valence-corrected chi connectivity index (χ2v) is 32.5. The van der Waals surface area contributed by atoms with E-state index in [4.69, 9.17) is 44.9 Å². The number of nitrogens with zero attached hydrogens (tertiary/aromatic N) is 2. The number of nitrogens with one attached hydrogen (secondary N) is 20. The number of phenolic OH excluding ortho intramolecular Hbond substituents is 1. The van der Waals surface area contributed by atoms with Gasteiger partial charge in [0.1, 0.15) is 78.3 Å². The second kappa shape index (κ2) is 56.9. The number of carboxylic acid groups (broad SMARTS) is 1. The van der Waals surface area contributed by atoms with Crippen molar-refractivity contribution in [1.29, 1.82) is 16.2 Å². The zero-order chi connectivity index (χ0) is 94.4. The number of aliphatic hydroxyl groups excluding tert-OH is 1. The summed E-state index contributed by atoms with van der Waals surface area (Å²) in [6, 6.07) is -5.31. The normalized spacial score (nSPS) is 15.8. The molecule has 0 aliphatic carbocycles. The topological polar surface area (TPSA) is 760 Å². The van der Waals surface area contributed by atoms with Crippen molar-refractivity contribution in [3.05, 3.63) is 83.9 Å². The van der Waals surface area contributed by atoms with E-state index >= 15 is 0 Å². The lowest BCUT2D eigenvalue weighted by atomic mass is 9.97. The molecular formula is C77H121N27O19S4. The van der Waals surface area contributed by atoms with E-state index < -0.39 is 223 Å². The Labute approximate surface area is 752 Å². The number of hydrogen-bond acceptors (Lipinski definition) is 27. The van der Waals surface area contributed by atoms with Crippen LogP contribution in [0.1, 0.15) is 94.9 Å². The summed E-state index contributed by atoms with van der Waals surface area (Å²) in [5.74, 6) is -18.4. The number of imidazole rings is 1. The van der Waals surface area contributed by atoms with Gasteiger partial charge in [0.2, 0.25) is 88.6 Å². The molecule has 0 spiro atoms. The Balaban J connectivity index is 1.54. The third-order valence-electron chi connectivity index (χ3n) is 20.0. The third-order valence-corrected chi connectivity index (χ3v) is 22.0. The highest BCUT2D eigenvalue weighted by Crippen LogP contribution is 2.27. The van der Waals surface area contributed by atoms with Crippen LogP contribution in [0.2, 0.25) is 0 Å². The van der Waals surface area contributed by atoms with Crippen LogP contribution in [0.15, 0.2) is 67.1 Å². The first-order chi connectivity index (χ1) is 60.3. The average Bonchev–Trinajstić information content (AvgIpc) is 1.67. The van der Waals surface area contributed by atoms with E-state index in [2.05, 4.69) is 120 Å². The van der Waals surface area contributed by atoms with Crippen molar-refractivity contribution in [2.75, 3.05) is 81.4 Å². The van der Waals surface area contributed by atoms with Crippen LogP contribution >= 0.6 is 48.8 Å². The number of phenols is 1. The fourth-order valence-electron chi connectivity index (χ4n) is 12.8. The molecule has 46 nitrogen and oxygen atoms in total. The van der Waals surface area contributed by atoms with E-state index in [0.717, 1.165) is 4.90 Å². The molecule has 1 aliphatic rings. The molecule has 0 saturated carbocycles. The van der Waals surface area contributed by atoms with Gasteiger partial charge in [-0.3, -0.25) is 92.9 Å². The Morgan fingerprint density at radius 3 is 1.54 bits per heavy atom. The average molecular weight is 1860 g/mol. The van der Waals surface area contributed by atoms with Gasteiger partial charge in [-0.05, 0) is 110 Å². The minimum Gasteiger partial charge on any atom is -0.508 e. The number of amides is 15. The molecule has 127 heavy (non-hydrogen) atoms. The summed E-state index contributed by atoms with van der Waals surface area (Å²) in [6.45, 7) is 0.616. The first-order valence-corrected chi connectivity index (χ1v) is 44.7. The van der Waals surface area contributed by atoms with E-state index in [1.165, 1.54) is 67.2 Å². The Bertz CT molecular complexity index is 4210. The van der Waals surface area contributed by atoms with Crippen molar-refractivity contribution in [3.63, 3.8) is 0 Å². The van der Waals surface area contributed by atoms with Crippen LogP contribution in [-0.4, -0.2) is 303 Å². The second-order valence-electron chi connectivity index (χ2n) is 29.8. The van der Waals surface area contributed by atoms with Crippen LogP contribution in [0.5, 0.6) is 5.75 Å². The van der Waals surface area contributed by atoms with Crippen LogP contribution in [0.25, 0.3) is 0 Å². The Morgan fingerprint density at radius 2 is 1.00 bits per heavy atom. The zero-order valence-electron chi connectivity index (χ0n) is 70.8. The molecule has 4 rings (SSSR count). The Morgan fingerprint density at radius 1 is 0.535 bits per heavy atom. The number of benzene rings is 2. The van der Waals surface area contributed by atoms with Gasteiger partial charge in [-0.2, -0.15) is 48.8 Å². The predicted octanol–water partition coefficient (Wildman–Crippen LogP) is -7.98. The molecule has 15 amide bonds. The number of carbonyl (C=O) groups is 16.